The van der Waals surface area contributed by atoms with Crippen LogP contribution in [0.15, 0.2) is 41.1 Å². The van der Waals surface area contributed by atoms with Gasteiger partial charge in [0.1, 0.15) is 5.76 Å². The van der Waals surface area contributed by atoms with Crippen LogP contribution in [0.2, 0.25) is 5.02 Å². The summed E-state index contributed by atoms with van der Waals surface area (Å²) in [6.45, 7) is 1.82. The van der Waals surface area contributed by atoms with E-state index >= 15 is 0 Å². The van der Waals surface area contributed by atoms with Crippen LogP contribution < -0.4 is 5.32 Å². The molecular weight excluding hydrogens is 292 g/mol. The molecule has 0 unspecified atom stereocenters. The standard InChI is InChI=1S/C13H11ClN6O/c1-9-8-12(17-21-9)15-7-6-13-16-18-19-20(13)11-4-2-10(14)3-5-11/h2-8H,1H3,(H,15,17). The molecular formula is C13H11ClN6O. The van der Waals surface area contributed by atoms with Crippen molar-refractivity contribution in [2.45, 2.75) is 6.92 Å². The zero-order chi connectivity index (χ0) is 14.7. The van der Waals surface area contributed by atoms with Crippen molar-refractivity contribution >= 4 is 23.5 Å². The number of rotatable bonds is 4. The number of anilines is 1. The monoisotopic (exact) mass is 302 g/mol. The molecule has 1 aromatic carbocycles. The predicted octanol–water partition coefficient (Wildman–Crippen LogP) is 2.69. The summed E-state index contributed by atoms with van der Waals surface area (Å²) in [5.41, 5.74) is 0.821. The van der Waals surface area contributed by atoms with Crippen LogP contribution in [0.25, 0.3) is 11.8 Å². The van der Waals surface area contributed by atoms with Gasteiger partial charge in [-0.2, -0.15) is 4.68 Å². The van der Waals surface area contributed by atoms with E-state index in [9.17, 15) is 0 Å². The molecule has 0 aliphatic heterocycles. The van der Waals surface area contributed by atoms with Gasteiger partial charge < -0.3 is 9.84 Å². The van der Waals surface area contributed by atoms with Gasteiger partial charge in [0.15, 0.2) is 11.6 Å². The first-order valence-corrected chi connectivity index (χ1v) is 6.51. The maximum absolute atomic E-state index is 5.87. The van der Waals surface area contributed by atoms with Crippen molar-refractivity contribution in [2.75, 3.05) is 5.32 Å². The molecule has 0 amide bonds. The maximum Gasteiger partial charge on any atom is 0.181 e. The molecule has 3 aromatic rings. The van der Waals surface area contributed by atoms with E-state index < -0.39 is 0 Å². The van der Waals surface area contributed by atoms with Gasteiger partial charge in [-0.15, -0.1) is 5.10 Å². The number of hydrogen-bond acceptors (Lipinski definition) is 6. The number of benzene rings is 1. The van der Waals surface area contributed by atoms with Gasteiger partial charge in [0.2, 0.25) is 0 Å². The number of hydrogen-bond donors (Lipinski definition) is 1. The molecule has 2 aromatic heterocycles. The molecule has 21 heavy (non-hydrogen) atoms. The summed E-state index contributed by atoms with van der Waals surface area (Å²) in [7, 11) is 0. The number of halogens is 1. The van der Waals surface area contributed by atoms with Crippen LogP contribution in [-0.2, 0) is 0 Å². The highest BCUT2D eigenvalue weighted by Crippen LogP contribution is 2.14. The Balaban J connectivity index is 1.77. The summed E-state index contributed by atoms with van der Waals surface area (Å²) < 4.78 is 6.55. The maximum atomic E-state index is 5.87. The van der Waals surface area contributed by atoms with Crippen LogP contribution in [0, 0.1) is 6.92 Å². The second kappa shape index (κ2) is 5.76. The number of aryl methyl sites for hydroxylation is 1. The van der Waals surface area contributed by atoms with Crippen molar-refractivity contribution in [3.63, 3.8) is 0 Å². The summed E-state index contributed by atoms with van der Waals surface area (Å²) in [5, 5.41) is 19.0. The minimum absolute atomic E-state index is 0.574. The molecule has 2 heterocycles. The Kier molecular flexibility index (Phi) is 3.65. The second-order valence-electron chi connectivity index (χ2n) is 4.23. The fraction of sp³-hybridized carbons (Fsp3) is 0.0769. The predicted molar refractivity (Wildman–Crippen MR) is 78.1 cm³/mol. The lowest BCUT2D eigenvalue weighted by Gasteiger charge is -2.01. The van der Waals surface area contributed by atoms with E-state index in [1.165, 1.54) is 0 Å². The molecule has 3 rings (SSSR count). The molecule has 0 aliphatic rings. The minimum Gasteiger partial charge on any atom is -0.360 e. The van der Waals surface area contributed by atoms with Gasteiger partial charge >= 0.3 is 0 Å². The van der Waals surface area contributed by atoms with Crippen molar-refractivity contribution in [2.24, 2.45) is 0 Å². The molecule has 8 heteroatoms. The highest BCUT2D eigenvalue weighted by atomic mass is 35.5. The zero-order valence-corrected chi connectivity index (χ0v) is 11.8. The molecule has 0 saturated heterocycles. The van der Waals surface area contributed by atoms with Crippen LogP contribution in [0.1, 0.15) is 11.6 Å². The van der Waals surface area contributed by atoms with Crippen molar-refractivity contribution < 1.29 is 4.52 Å². The lowest BCUT2D eigenvalue weighted by molar-refractivity contribution is 0.400. The summed E-state index contributed by atoms with van der Waals surface area (Å²) in [6.07, 6.45) is 3.42. The molecule has 0 radical (unpaired) electrons. The number of aromatic nitrogens is 5. The number of tetrazole rings is 1. The highest BCUT2D eigenvalue weighted by molar-refractivity contribution is 6.30. The van der Waals surface area contributed by atoms with E-state index in [-0.39, 0.29) is 0 Å². The second-order valence-corrected chi connectivity index (χ2v) is 4.66. The Morgan fingerprint density at radius 2 is 2.10 bits per heavy atom. The molecule has 0 bridgehead atoms. The first-order chi connectivity index (χ1) is 10.2. The molecule has 0 aliphatic carbocycles. The smallest absolute Gasteiger partial charge is 0.181 e. The van der Waals surface area contributed by atoms with E-state index in [0.29, 0.717) is 16.7 Å². The summed E-state index contributed by atoms with van der Waals surface area (Å²) in [6, 6.07) is 9.02. The summed E-state index contributed by atoms with van der Waals surface area (Å²) >= 11 is 5.87. The van der Waals surface area contributed by atoms with Crippen LogP contribution in [0.5, 0.6) is 0 Å². The largest absolute Gasteiger partial charge is 0.360 e. The molecule has 0 fully saturated rings. The van der Waals surface area contributed by atoms with E-state index in [0.717, 1.165) is 11.4 Å². The number of nitrogens with one attached hydrogen (secondary N) is 1. The quantitative estimate of drug-likeness (QED) is 0.798. The SMILES string of the molecule is Cc1cc(NC=Cc2nnnn2-c2ccc(Cl)cc2)no1. The molecule has 7 nitrogen and oxygen atoms in total. The Bertz CT molecular complexity index is 761. The van der Waals surface area contributed by atoms with Gasteiger partial charge in [-0.05, 0) is 41.6 Å². The van der Waals surface area contributed by atoms with Gasteiger partial charge in [0, 0.05) is 23.4 Å². The summed E-state index contributed by atoms with van der Waals surface area (Å²) in [5.74, 6) is 1.93. The zero-order valence-electron chi connectivity index (χ0n) is 11.1. The van der Waals surface area contributed by atoms with Crippen molar-refractivity contribution in [1.29, 1.82) is 0 Å². The van der Waals surface area contributed by atoms with Crippen molar-refractivity contribution in [3.8, 4) is 5.69 Å². The molecule has 1 N–H and O–H groups in total. The van der Waals surface area contributed by atoms with Gasteiger partial charge in [-0.1, -0.05) is 16.8 Å². The van der Waals surface area contributed by atoms with Crippen molar-refractivity contribution in [1.82, 2.24) is 25.4 Å². The van der Waals surface area contributed by atoms with Crippen LogP contribution >= 0.6 is 11.6 Å². The third-order valence-corrected chi connectivity index (χ3v) is 2.91. The van der Waals surface area contributed by atoms with Gasteiger partial charge in [-0.25, -0.2) is 0 Å². The van der Waals surface area contributed by atoms with Gasteiger partial charge in [0.05, 0.1) is 5.69 Å². The first kappa shape index (κ1) is 13.3. The fourth-order valence-corrected chi connectivity index (χ4v) is 1.83. The average molecular weight is 303 g/mol. The number of nitrogens with zero attached hydrogens (tertiary/aromatic N) is 5. The van der Waals surface area contributed by atoms with Crippen molar-refractivity contribution in [3.05, 3.63) is 53.1 Å². The van der Waals surface area contributed by atoms with E-state index in [1.54, 1.807) is 35.2 Å². The van der Waals surface area contributed by atoms with Crippen LogP contribution in [0.3, 0.4) is 0 Å². The van der Waals surface area contributed by atoms with Crippen LogP contribution in [0.4, 0.5) is 5.82 Å². The highest BCUT2D eigenvalue weighted by Gasteiger charge is 2.05. The molecule has 0 spiro atoms. The van der Waals surface area contributed by atoms with Crippen LogP contribution in [-0.4, -0.2) is 25.4 Å². The minimum atomic E-state index is 0.574. The van der Waals surface area contributed by atoms with Gasteiger partial charge in [-0.3, -0.25) is 0 Å². The third kappa shape index (κ3) is 3.09. The third-order valence-electron chi connectivity index (χ3n) is 2.66. The summed E-state index contributed by atoms with van der Waals surface area (Å²) in [4.78, 5) is 0. The van der Waals surface area contributed by atoms with E-state index in [2.05, 4.69) is 26.0 Å². The molecule has 0 saturated carbocycles. The van der Waals surface area contributed by atoms with E-state index in [4.69, 9.17) is 16.1 Å². The van der Waals surface area contributed by atoms with Gasteiger partial charge in [0.25, 0.3) is 0 Å². The Labute approximate surface area is 125 Å². The lowest BCUT2D eigenvalue weighted by Crippen LogP contribution is -1.99. The lowest BCUT2D eigenvalue weighted by atomic mass is 10.3. The molecule has 106 valence electrons. The van der Waals surface area contributed by atoms with E-state index in [1.807, 2.05) is 19.1 Å². The molecule has 0 atom stereocenters. The Hall–Kier alpha value is -2.67. The fourth-order valence-electron chi connectivity index (χ4n) is 1.70. The Morgan fingerprint density at radius 3 is 2.81 bits per heavy atom. The first-order valence-electron chi connectivity index (χ1n) is 6.13. The Morgan fingerprint density at radius 1 is 1.29 bits per heavy atom. The topological polar surface area (TPSA) is 81.7 Å². The normalized spacial score (nSPS) is 11.1. The average Bonchev–Trinajstić information content (AvgIpc) is 3.09.